The van der Waals surface area contributed by atoms with Crippen LogP contribution in [0.3, 0.4) is 0 Å². The molecule has 0 amide bonds. The Hall–Kier alpha value is -1.39. The van der Waals surface area contributed by atoms with Gasteiger partial charge in [-0.15, -0.1) is 0 Å². The first-order valence-corrected chi connectivity index (χ1v) is 7.25. The molecule has 1 unspecified atom stereocenters. The van der Waals surface area contributed by atoms with Gasteiger partial charge < -0.3 is 5.32 Å². The van der Waals surface area contributed by atoms with Crippen molar-refractivity contribution < 1.29 is 4.39 Å². The summed E-state index contributed by atoms with van der Waals surface area (Å²) in [6, 6.07) is 6.32. The van der Waals surface area contributed by atoms with Crippen molar-refractivity contribution in [2.24, 2.45) is 0 Å². The van der Waals surface area contributed by atoms with Crippen molar-refractivity contribution in [2.45, 2.75) is 32.9 Å². The van der Waals surface area contributed by atoms with Crippen molar-refractivity contribution in [3.8, 4) is 0 Å². The van der Waals surface area contributed by atoms with E-state index >= 15 is 0 Å². The third kappa shape index (κ3) is 3.19. The van der Waals surface area contributed by atoms with Crippen molar-refractivity contribution in [3.63, 3.8) is 0 Å². The van der Waals surface area contributed by atoms with Crippen LogP contribution in [0.4, 0.5) is 4.39 Å². The van der Waals surface area contributed by atoms with Crippen LogP contribution in [0.25, 0.3) is 0 Å². The lowest BCUT2D eigenvalue weighted by molar-refractivity contribution is 0.505. The number of aromatic nitrogens is 2. The third-order valence-electron chi connectivity index (χ3n) is 3.21. The average Bonchev–Trinajstić information content (AvgIpc) is 2.91. The molecule has 0 spiro atoms. The molecule has 0 fully saturated rings. The van der Waals surface area contributed by atoms with Gasteiger partial charge in [0.2, 0.25) is 0 Å². The van der Waals surface area contributed by atoms with Gasteiger partial charge in [0.25, 0.3) is 0 Å². The lowest BCUT2D eigenvalue weighted by Gasteiger charge is -2.21. The molecule has 1 N–H and O–H groups in total. The Morgan fingerprint density at radius 1 is 1.35 bits per heavy atom. The summed E-state index contributed by atoms with van der Waals surface area (Å²) in [5.41, 5.74) is 1.50. The minimum Gasteiger partial charge on any atom is -0.305 e. The lowest BCUT2D eigenvalue weighted by atomic mass is 10.0. The Kier molecular flexibility index (Phi) is 5.15. The van der Waals surface area contributed by atoms with Crippen LogP contribution in [-0.4, -0.2) is 16.3 Å². The molecule has 1 atom stereocenters. The summed E-state index contributed by atoms with van der Waals surface area (Å²) in [5, 5.41) is 8.17. The van der Waals surface area contributed by atoms with E-state index in [0.717, 1.165) is 25.2 Å². The number of rotatable bonds is 6. The third-order valence-corrected chi connectivity index (χ3v) is 3.45. The van der Waals surface area contributed by atoms with Crippen LogP contribution in [0.5, 0.6) is 0 Å². The molecule has 0 aliphatic heterocycles. The van der Waals surface area contributed by atoms with E-state index in [1.807, 2.05) is 17.7 Å². The summed E-state index contributed by atoms with van der Waals surface area (Å²) in [7, 11) is 0. The molecule has 2 rings (SSSR count). The Morgan fingerprint density at radius 3 is 2.85 bits per heavy atom. The largest absolute Gasteiger partial charge is 0.305 e. The van der Waals surface area contributed by atoms with Gasteiger partial charge in [0, 0.05) is 23.3 Å². The lowest BCUT2D eigenvalue weighted by Crippen LogP contribution is -2.26. The van der Waals surface area contributed by atoms with Gasteiger partial charge in [0.15, 0.2) is 0 Å². The minimum absolute atomic E-state index is 0.240. The molecule has 0 radical (unpaired) electrons. The van der Waals surface area contributed by atoms with Crippen LogP contribution in [-0.2, 0) is 6.54 Å². The Labute approximate surface area is 123 Å². The molecule has 108 valence electrons. The zero-order valence-corrected chi connectivity index (χ0v) is 12.5. The Morgan fingerprint density at radius 2 is 2.15 bits per heavy atom. The van der Waals surface area contributed by atoms with Crippen LogP contribution in [0.15, 0.2) is 30.5 Å². The van der Waals surface area contributed by atoms with E-state index in [1.54, 1.807) is 18.3 Å². The van der Waals surface area contributed by atoms with E-state index in [-0.39, 0.29) is 11.9 Å². The molecule has 0 saturated heterocycles. The molecule has 20 heavy (non-hydrogen) atoms. The summed E-state index contributed by atoms with van der Waals surface area (Å²) in [4.78, 5) is 0. The molecule has 0 aliphatic rings. The van der Waals surface area contributed by atoms with Crippen LogP contribution in [0.2, 0.25) is 5.02 Å². The number of aryl methyl sites for hydroxylation is 1. The SMILES string of the molecule is CCCNC(c1cc(Cl)ccc1F)c1ccnn1CC. The summed E-state index contributed by atoms with van der Waals surface area (Å²) >= 11 is 6.01. The number of hydrogen-bond acceptors (Lipinski definition) is 2. The molecular weight excluding hydrogens is 277 g/mol. The zero-order chi connectivity index (χ0) is 14.5. The fraction of sp³-hybridized carbons (Fsp3) is 0.400. The Balaban J connectivity index is 2.44. The number of benzene rings is 1. The van der Waals surface area contributed by atoms with Gasteiger partial charge >= 0.3 is 0 Å². The number of nitrogens with one attached hydrogen (secondary N) is 1. The second kappa shape index (κ2) is 6.86. The van der Waals surface area contributed by atoms with E-state index in [4.69, 9.17) is 11.6 Å². The first-order chi connectivity index (χ1) is 9.67. The summed E-state index contributed by atoms with van der Waals surface area (Å²) in [6.45, 7) is 5.64. The highest BCUT2D eigenvalue weighted by Crippen LogP contribution is 2.27. The highest BCUT2D eigenvalue weighted by Gasteiger charge is 2.20. The predicted octanol–water partition coefficient (Wildman–Crippen LogP) is 3.78. The molecule has 0 aliphatic carbocycles. The average molecular weight is 296 g/mol. The van der Waals surface area contributed by atoms with E-state index < -0.39 is 0 Å². The standard InChI is InChI=1S/C15H19ClFN3/c1-3-8-18-15(14-7-9-19-20(14)4-2)12-10-11(16)5-6-13(12)17/h5-7,9-10,15,18H,3-4,8H2,1-2H3. The highest BCUT2D eigenvalue weighted by molar-refractivity contribution is 6.30. The van der Waals surface area contributed by atoms with Gasteiger partial charge in [0.05, 0.1) is 11.7 Å². The fourth-order valence-electron chi connectivity index (χ4n) is 2.25. The first kappa shape index (κ1) is 15.0. The molecular formula is C15H19ClFN3. The van der Waals surface area contributed by atoms with Gasteiger partial charge in [0.1, 0.15) is 5.82 Å². The fourth-order valence-corrected chi connectivity index (χ4v) is 2.43. The van der Waals surface area contributed by atoms with Gasteiger partial charge in [-0.3, -0.25) is 4.68 Å². The summed E-state index contributed by atoms with van der Waals surface area (Å²) in [6.07, 6.45) is 2.71. The Bertz CT molecular complexity index is 568. The molecule has 5 heteroatoms. The monoisotopic (exact) mass is 295 g/mol. The van der Waals surface area contributed by atoms with Crippen molar-refractivity contribution in [1.82, 2.24) is 15.1 Å². The summed E-state index contributed by atoms with van der Waals surface area (Å²) in [5.74, 6) is -0.258. The predicted molar refractivity (Wildman–Crippen MR) is 79.4 cm³/mol. The molecule has 3 nitrogen and oxygen atoms in total. The zero-order valence-electron chi connectivity index (χ0n) is 11.7. The molecule has 1 aromatic heterocycles. The number of halogens is 2. The van der Waals surface area contributed by atoms with Crippen LogP contribution in [0.1, 0.15) is 37.6 Å². The van der Waals surface area contributed by atoms with E-state index in [1.165, 1.54) is 6.07 Å². The van der Waals surface area contributed by atoms with E-state index in [9.17, 15) is 4.39 Å². The second-order valence-electron chi connectivity index (χ2n) is 4.62. The van der Waals surface area contributed by atoms with Gasteiger partial charge in [-0.05, 0) is 44.2 Å². The first-order valence-electron chi connectivity index (χ1n) is 6.87. The van der Waals surface area contributed by atoms with Crippen LogP contribution in [0, 0.1) is 5.82 Å². The number of nitrogens with zero attached hydrogens (tertiary/aromatic N) is 2. The molecule has 1 heterocycles. The smallest absolute Gasteiger partial charge is 0.128 e. The normalized spacial score (nSPS) is 12.6. The maximum absolute atomic E-state index is 14.1. The topological polar surface area (TPSA) is 29.9 Å². The van der Waals surface area contributed by atoms with Crippen molar-refractivity contribution in [1.29, 1.82) is 0 Å². The number of hydrogen-bond donors (Lipinski definition) is 1. The van der Waals surface area contributed by atoms with E-state index in [0.29, 0.717) is 10.6 Å². The minimum atomic E-state index is -0.258. The second-order valence-corrected chi connectivity index (χ2v) is 5.06. The van der Waals surface area contributed by atoms with Crippen molar-refractivity contribution in [2.75, 3.05) is 6.54 Å². The van der Waals surface area contributed by atoms with Crippen molar-refractivity contribution in [3.05, 3.63) is 52.6 Å². The maximum atomic E-state index is 14.1. The van der Waals surface area contributed by atoms with Crippen LogP contribution < -0.4 is 5.32 Å². The van der Waals surface area contributed by atoms with E-state index in [2.05, 4.69) is 17.3 Å². The van der Waals surface area contributed by atoms with Crippen molar-refractivity contribution >= 4 is 11.6 Å². The quantitative estimate of drug-likeness (QED) is 0.879. The molecule has 0 bridgehead atoms. The maximum Gasteiger partial charge on any atom is 0.128 e. The molecule has 1 aromatic carbocycles. The van der Waals surface area contributed by atoms with Gasteiger partial charge in [-0.1, -0.05) is 18.5 Å². The molecule has 2 aromatic rings. The summed E-state index contributed by atoms with van der Waals surface area (Å²) < 4.78 is 16.0. The van der Waals surface area contributed by atoms with Crippen LogP contribution >= 0.6 is 11.6 Å². The van der Waals surface area contributed by atoms with Gasteiger partial charge in [-0.25, -0.2) is 4.39 Å². The highest BCUT2D eigenvalue weighted by atomic mass is 35.5. The molecule has 0 saturated carbocycles. The van der Waals surface area contributed by atoms with Gasteiger partial charge in [-0.2, -0.15) is 5.10 Å².